The van der Waals surface area contributed by atoms with E-state index in [0.29, 0.717) is 12.4 Å². The second kappa shape index (κ2) is 7.19. The number of hydrogen-bond donors (Lipinski definition) is 1. The number of aromatic nitrogens is 3. The van der Waals surface area contributed by atoms with E-state index in [1.807, 2.05) is 55.7 Å². The van der Waals surface area contributed by atoms with E-state index in [0.717, 1.165) is 34.0 Å². The fourth-order valence-electron chi connectivity index (χ4n) is 2.77. The standard InChI is InChI=1S/C21H18N4O/c1-15-24-20(11-21(25-15)23-14-19-8-5-9-26-19)18-10-17(12-22-13-18)16-6-3-2-4-7-16/h2-13H,14H2,1H3,(H,23,24,25). The van der Waals surface area contributed by atoms with Crippen LogP contribution in [0.15, 0.2) is 77.7 Å². The summed E-state index contributed by atoms with van der Waals surface area (Å²) in [5.74, 6) is 2.32. The summed E-state index contributed by atoms with van der Waals surface area (Å²) in [6.45, 7) is 2.46. The molecule has 5 nitrogen and oxygen atoms in total. The van der Waals surface area contributed by atoms with Gasteiger partial charge in [0.1, 0.15) is 17.4 Å². The van der Waals surface area contributed by atoms with Crippen LogP contribution in [0.4, 0.5) is 5.82 Å². The Morgan fingerprint density at radius 1 is 0.885 bits per heavy atom. The minimum atomic E-state index is 0.575. The average Bonchev–Trinajstić information content (AvgIpc) is 3.20. The number of anilines is 1. The highest BCUT2D eigenvalue weighted by molar-refractivity contribution is 5.71. The highest BCUT2D eigenvalue weighted by Crippen LogP contribution is 2.25. The van der Waals surface area contributed by atoms with Crippen LogP contribution in [0.5, 0.6) is 0 Å². The van der Waals surface area contributed by atoms with E-state index in [-0.39, 0.29) is 0 Å². The smallest absolute Gasteiger partial charge is 0.130 e. The van der Waals surface area contributed by atoms with E-state index in [1.54, 1.807) is 6.26 Å². The first-order valence-electron chi connectivity index (χ1n) is 8.41. The van der Waals surface area contributed by atoms with Gasteiger partial charge in [-0.3, -0.25) is 4.98 Å². The van der Waals surface area contributed by atoms with Crippen molar-refractivity contribution in [3.63, 3.8) is 0 Å². The second-order valence-electron chi connectivity index (χ2n) is 5.95. The summed E-state index contributed by atoms with van der Waals surface area (Å²) in [6.07, 6.45) is 5.35. The Kier molecular flexibility index (Phi) is 4.43. The van der Waals surface area contributed by atoms with Gasteiger partial charge in [-0.25, -0.2) is 9.97 Å². The van der Waals surface area contributed by atoms with E-state index >= 15 is 0 Å². The van der Waals surface area contributed by atoms with Gasteiger partial charge in [0, 0.05) is 29.6 Å². The Balaban J connectivity index is 1.63. The van der Waals surface area contributed by atoms with Crippen LogP contribution in [-0.4, -0.2) is 15.0 Å². The van der Waals surface area contributed by atoms with Crippen molar-refractivity contribution in [1.29, 1.82) is 0 Å². The lowest BCUT2D eigenvalue weighted by atomic mass is 10.0. The minimum Gasteiger partial charge on any atom is -0.467 e. The summed E-state index contributed by atoms with van der Waals surface area (Å²) in [4.78, 5) is 13.4. The van der Waals surface area contributed by atoms with Crippen molar-refractivity contribution in [3.8, 4) is 22.4 Å². The molecule has 0 fully saturated rings. The van der Waals surface area contributed by atoms with E-state index in [4.69, 9.17) is 4.42 Å². The average molecular weight is 342 g/mol. The third-order valence-electron chi connectivity index (χ3n) is 4.00. The molecule has 0 aliphatic carbocycles. The zero-order chi connectivity index (χ0) is 17.8. The van der Waals surface area contributed by atoms with Gasteiger partial charge in [0.05, 0.1) is 18.5 Å². The largest absolute Gasteiger partial charge is 0.467 e. The van der Waals surface area contributed by atoms with Crippen molar-refractivity contribution >= 4 is 5.82 Å². The highest BCUT2D eigenvalue weighted by atomic mass is 16.3. The normalized spacial score (nSPS) is 10.7. The molecule has 0 bridgehead atoms. The third-order valence-corrected chi connectivity index (χ3v) is 4.00. The zero-order valence-corrected chi connectivity index (χ0v) is 14.4. The van der Waals surface area contributed by atoms with Crippen molar-refractivity contribution < 1.29 is 4.42 Å². The highest BCUT2D eigenvalue weighted by Gasteiger charge is 2.07. The van der Waals surface area contributed by atoms with Gasteiger partial charge in [0.2, 0.25) is 0 Å². The predicted octanol–water partition coefficient (Wildman–Crippen LogP) is 4.72. The molecule has 1 aromatic carbocycles. The molecule has 0 aliphatic heterocycles. The van der Waals surface area contributed by atoms with Gasteiger partial charge in [-0.2, -0.15) is 0 Å². The van der Waals surface area contributed by atoms with Gasteiger partial charge in [0.25, 0.3) is 0 Å². The Hall–Kier alpha value is -3.47. The molecule has 5 heteroatoms. The summed E-state index contributed by atoms with van der Waals surface area (Å²) in [5.41, 5.74) is 3.98. The molecule has 4 rings (SSSR count). The monoisotopic (exact) mass is 342 g/mol. The predicted molar refractivity (Wildman–Crippen MR) is 101 cm³/mol. The molecule has 1 N–H and O–H groups in total. The van der Waals surface area contributed by atoms with E-state index < -0.39 is 0 Å². The maximum Gasteiger partial charge on any atom is 0.130 e. The van der Waals surface area contributed by atoms with Crippen LogP contribution < -0.4 is 5.32 Å². The number of nitrogens with one attached hydrogen (secondary N) is 1. The number of benzene rings is 1. The lowest BCUT2D eigenvalue weighted by Gasteiger charge is -2.09. The first-order chi connectivity index (χ1) is 12.8. The number of furan rings is 1. The molecule has 0 atom stereocenters. The number of pyridine rings is 1. The Labute approximate surface area is 151 Å². The molecule has 3 aromatic heterocycles. The van der Waals surface area contributed by atoms with Crippen molar-refractivity contribution in [2.24, 2.45) is 0 Å². The van der Waals surface area contributed by atoms with Gasteiger partial charge >= 0.3 is 0 Å². The number of rotatable bonds is 5. The summed E-state index contributed by atoms with van der Waals surface area (Å²) >= 11 is 0. The van der Waals surface area contributed by atoms with E-state index in [1.165, 1.54) is 0 Å². The van der Waals surface area contributed by atoms with E-state index in [2.05, 4.69) is 38.5 Å². The van der Waals surface area contributed by atoms with Crippen molar-refractivity contribution in [3.05, 3.63) is 84.8 Å². The molecule has 0 spiro atoms. The van der Waals surface area contributed by atoms with Gasteiger partial charge in [-0.15, -0.1) is 0 Å². The lowest BCUT2D eigenvalue weighted by molar-refractivity contribution is 0.518. The van der Waals surface area contributed by atoms with Gasteiger partial charge in [0.15, 0.2) is 0 Å². The van der Waals surface area contributed by atoms with Crippen LogP contribution in [0, 0.1) is 6.92 Å². The van der Waals surface area contributed by atoms with Crippen LogP contribution in [0.3, 0.4) is 0 Å². The van der Waals surface area contributed by atoms with Crippen LogP contribution in [0.25, 0.3) is 22.4 Å². The molecule has 4 aromatic rings. The lowest BCUT2D eigenvalue weighted by Crippen LogP contribution is -2.03. The maximum atomic E-state index is 5.35. The number of nitrogens with zero attached hydrogens (tertiary/aromatic N) is 3. The third kappa shape index (κ3) is 3.62. The molecule has 0 saturated carbocycles. The van der Waals surface area contributed by atoms with Crippen molar-refractivity contribution in [1.82, 2.24) is 15.0 Å². The van der Waals surface area contributed by atoms with Crippen LogP contribution in [0.1, 0.15) is 11.6 Å². The number of hydrogen-bond acceptors (Lipinski definition) is 5. The zero-order valence-electron chi connectivity index (χ0n) is 14.4. The molecular formula is C21H18N4O. The summed E-state index contributed by atoms with van der Waals surface area (Å²) in [6, 6.07) is 18.0. The SMILES string of the molecule is Cc1nc(NCc2ccco2)cc(-c2cncc(-c3ccccc3)c2)n1. The molecule has 26 heavy (non-hydrogen) atoms. The second-order valence-corrected chi connectivity index (χ2v) is 5.95. The quantitative estimate of drug-likeness (QED) is 0.568. The van der Waals surface area contributed by atoms with Gasteiger partial charge < -0.3 is 9.73 Å². The fraction of sp³-hybridized carbons (Fsp3) is 0.0952. The molecule has 128 valence electrons. The molecule has 0 saturated heterocycles. The fourth-order valence-corrected chi connectivity index (χ4v) is 2.77. The maximum absolute atomic E-state index is 5.35. The first kappa shape index (κ1) is 16.0. The molecular weight excluding hydrogens is 324 g/mol. The number of aryl methyl sites for hydroxylation is 1. The van der Waals surface area contributed by atoms with Crippen molar-refractivity contribution in [2.75, 3.05) is 5.32 Å². The summed E-state index contributed by atoms with van der Waals surface area (Å²) < 4.78 is 5.35. The molecule has 0 amide bonds. The van der Waals surface area contributed by atoms with Crippen LogP contribution in [-0.2, 0) is 6.54 Å². The molecule has 3 heterocycles. The van der Waals surface area contributed by atoms with Crippen LogP contribution >= 0.6 is 0 Å². The topological polar surface area (TPSA) is 63.8 Å². The molecule has 0 radical (unpaired) electrons. The molecule has 0 aliphatic rings. The Morgan fingerprint density at radius 2 is 1.73 bits per heavy atom. The van der Waals surface area contributed by atoms with Crippen molar-refractivity contribution in [2.45, 2.75) is 13.5 Å². The van der Waals surface area contributed by atoms with Gasteiger partial charge in [-0.1, -0.05) is 30.3 Å². The molecule has 0 unspecified atom stereocenters. The van der Waals surface area contributed by atoms with Gasteiger partial charge in [-0.05, 0) is 30.7 Å². The Bertz CT molecular complexity index is 998. The minimum absolute atomic E-state index is 0.575. The Morgan fingerprint density at radius 3 is 2.54 bits per heavy atom. The van der Waals surface area contributed by atoms with E-state index in [9.17, 15) is 0 Å². The summed E-state index contributed by atoms with van der Waals surface area (Å²) in [5, 5.41) is 3.28. The summed E-state index contributed by atoms with van der Waals surface area (Å²) in [7, 11) is 0. The van der Waals surface area contributed by atoms with Crippen LogP contribution in [0.2, 0.25) is 0 Å². The first-order valence-corrected chi connectivity index (χ1v) is 8.41.